The quantitative estimate of drug-likeness (QED) is 0.336. The van der Waals surface area contributed by atoms with Crippen molar-refractivity contribution < 1.29 is 14.4 Å². The van der Waals surface area contributed by atoms with Crippen LogP contribution in [0.1, 0.15) is 50.1 Å². The maximum Gasteiger partial charge on any atom is 0.163 e. The summed E-state index contributed by atoms with van der Waals surface area (Å²) in [6, 6.07) is 5.47. The number of aryl methyl sites for hydroxylation is 2. The Morgan fingerprint density at radius 3 is 2.62 bits per heavy atom. The number of aromatic nitrogens is 3. The highest BCUT2D eigenvalue weighted by Gasteiger charge is 2.30. The molecule has 208 valence electrons. The van der Waals surface area contributed by atoms with E-state index in [0.717, 1.165) is 79.7 Å². The lowest BCUT2D eigenvalue weighted by Crippen LogP contribution is -2.31. The van der Waals surface area contributed by atoms with Crippen LogP contribution in [0.15, 0.2) is 33.9 Å². The van der Waals surface area contributed by atoms with Crippen LogP contribution in [-0.4, -0.2) is 70.6 Å². The lowest BCUT2D eigenvalue weighted by Gasteiger charge is -2.26. The highest BCUT2D eigenvalue weighted by molar-refractivity contribution is 6.33. The SMILES string of the molecule is CCC[C@@H](O)COc1ccc(Cl)c(-c2nc(-c3c(C)noc3C)c(C)c(N3CC4=C(CN(CC)CC4)C3)n2)c1. The number of hydrogen-bond donors (Lipinski definition) is 1. The smallest absolute Gasteiger partial charge is 0.163 e. The maximum atomic E-state index is 10.2. The molecule has 0 bridgehead atoms. The topological polar surface area (TPSA) is 87.7 Å². The van der Waals surface area contributed by atoms with E-state index in [9.17, 15) is 5.11 Å². The molecule has 1 atom stereocenters. The molecule has 4 heterocycles. The average molecular weight is 552 g/mol. The summed E-state index contributed by atoms with van der Waals surface area (Å²) in [4.78, 5) is 15.0. The minimum atomic E-state index is -0.514. The van der Waals surface area contributed by atoms with Gasteiger partial charge in [-0.3, -0.25) is 4.90 Å². The number of benzene rings is 1. The average Bonchev–Trinajstić information content (AvgIpc) is 3.50. The largest absolute Gasteiger partial charge is 0.491 e. The summed E-state index contributed by atoms with van der Waals surface area (Å²) in [5.74, 6) is 2.76. The van der Waals surface area contributed by atoms with Crippen molar-refractivity contribution in [2.24, 2.45) is 0 Å². The molecule has 9 heteroatoms. The Balaban J connectivity index is 1.56. The lowest BCUT2D eigenvalue weighted by atomic mass is 10.0. The second-order valence-electron chi connectivity index (χ2n) is 10.6. The highest BCUT2D eigenvalue weighted by atomic mass is 35.5. The molecular weight excluding hydrogens is 514 g/mol. The van der Waals surface area contributed by atoms with Gasteiger partial charge in [-0.25, -0.2) is 9.97 Å². The number of halogens is 1. The molecule has 0 fully saturated rings. The first-order chi connectivity index (χ1) is 18.8. The molecule has 1 N–H and O–H groups in total. The van der Waals surface area contributed by atoms with Crippen LogP contribution in [0.5, 0.6) is 5.75 Å². The molecule has 5 rings (SSSR count). The Morgan fingerprint density at radius 1 is 1.10 bits per heavy atom. The molecule has 8 nitrogen and oxygen atoms in total. The van der Waals surface area contributed by atoms with E-state index in [-0.39, 0.29) is 6.61 Å². The molecule has 0 spiro atoms. The van der Waals surface area contributed by atoms with Gasteiger partial charge in [-0.15, -0.1) is 0 Å². The summed E-state index contributed by atoms with van der Waals surface area (Å²) in [5.41, 5.74) is 7.17. The first-order valence-electron chi connectivity index (χ1n) is 13.9. The van der Waals surface area contributed by atoms with E-state index in [2.05, 4.69) is 28.8 Å². The molecule has 0 saturated heterocycles. The molecule has 0 saturated carbocycles. The van der Waals surface area contributed by atoms with Gasteiger partial charge in [-0.1, -0.05) is 37.0 Å². The highest BCUT2D eigenvalue weighted by Crippen LogP contribution is 2.39. The summed E-state index contributed by atoms with van der Waals surface area (Å²) < 4.78 is 11.4. The molecule has 39 heavy (non-hydrogen) atoms. The van der Waals surface area contributed by atoms with Crippen LogP contribution in [0.4, 0.5) is 5.82 Å². The molecule has 0 aliphatic carbocycles. The molecule has 0 amide bonds. The van der Waals surface area contributed by atoms with E-state index in [0.29, 0.717) is 28.6 Å². The van der Waals surface area contributed by atoms with Gasteiger partial charge in [0.2, 0.25) is 0 Å². The fourth-order valence-corrected chi connectivity index (χ4v) is 5.79. The van der Waals surface area contributed by atoms with Crippen molar-refractivity contribution in [2.75, 3.05) is 44.2 Å². The molecule has 0 unspecified atom stereocenters. The second kappa shape index (κ2) is 11.7. The normalized spacial score (nSPS) is 16.6. The molecule has 2 aromatic heterocycles. The van der Waals surface area contributed by atoms with Gasteiger partial charge in [0.15, 0.2) is 5.82 Å². The van der Waals surface area contributed by atoms with Crippen molar-refractivity contribution >= 4 is 17.4 Å². The number of ether oxygens (including phenoxy) is 1. The van der Waals surface area contributed by atoms with Gasteiger partial charge in [0.25, 0.3) is 0 Å². The maximum absolute atomic E-state index is 10.2. The zero-order valence-corrected chi connectivity index (χ0v) is 24.3. The third kappa shape index (κ3) is 5.69. The molecule has 0 radical (unpaired) electrons. The van der Waals surface area contributed by atoms with Gasteiger partial charge in [-0.2, -0.15) is 0 Å². The van der Waals surface area contributed by atoms with Crippen LogP contribution in [0, 0.1) is 20.8 Å². The zero-order chi connectivity index (χ0) is 27.7. The number of hydrogen-bond acceptors (Lipinski definition) is 8. The van der Waals surface area contributed by atoms with Crippen LogP contribution in [-0.2, 0) is 0 Å². The van der Waals surface area contributed by atoms with Gasteiger partial charge >= 0.3 is 0 Å². The number of aliphatic hydroxyl groups is 1. The summed E-state index contributed by atoms with van der Waals surface area (Å²) in [5, 5.41) is 14.9. The molecular formula is C30H38ClN5O3. The number of nitrogens with zero attached hydrogens (tertiary/aromatic N) is 5. The summed E-state index contributed by atoms with van der Waals surface area (Å²) in [7, 11) is 0. The van der Waals surface area contributed by atoms with Gasteiger partial charge in [0.05, 0.1) is 28.1 Å². The van der Waals surface area contributed by atoms with Gasteiger partial charge in [0.1, 0.15) is 23.9 Å². The third-order valence-electron chi connectivity index (χ3n) is 7.79. The van der Waals surface area contributed by atoms with Crippen LogP contribution >= 0.6 is 11.6 Å². The molecule has 1 aromatic carbocycles. The minimum absolute atomic E-state index is 0.221. The van der Waals surface area contributed by atoms with Crippen LogP contribution in [0.2, 0.25) is 5.02 Å². The molecule has 2 aliphatic rings. The summed E-state index contributed by atoms with van der Waals surface area (Å²) in [6.07, 6.45) is 2.17. The second-order valence-corrected chi connectivity index (χ2v) is 11.0. The fourth-order valence-electron chi connectivity index (χ4n) is 5.59. The lowest BCUT2D eigenvalue weighted by molar-refractivity contribution is 0.0994. The molecule has 3 aromatic rings. The van der Waals surface area contributed by atoms with E-state index in [1.807, 2.05) is 32.9 Å². The standard InChI is InChI=1S/C30H38ClN5O3/c1-6-8-23(37)17-38-24-9-10-26(31)25(13-24)29-32-28(27-19(4)34-39-20(27)5)18(3)30(33-29)36-15-21-11-12-35(7-2)14-22(21)16-36/h9-10,13,23,37H,6-8,11-12,14-17H2,1-5H3/t23-/m1/s1. The van der Waals surface area contributed by atoms with Crippen molar-refractivity contribution in [2.45, 2.75) is 60.0 Å². The van der Waals surface area contributed by atoms with E-state index >= 15 is 0 Å². The predicted octanol–water partition coefficient (Wildman–Crippen LogP) is 5.76. The fraction of sp³-hybridized carbons (Fsp3) is 0.500. The Labute approximate surface area is 235 Å². The van der Waals surface area contributed by atoms with E-state index < -0.39 is 6.10 Å². The van der Waals surface area contributed by atoms with Crippen LogP contribution in [0.25, 0.3) is 22.6 Å². The minimum Gasteiger partial charge on any atom is -0.491 e. The predicted molar refractivity (Wildman–Crippen MR) is 155 cm³/mol. The summed E-state index contributed by atoms with van der Waals surface area (Å²) in [6.45, 7) is 15.3. The van der Waals surface area contributed by atoms with Gasteiger partial charge in [0, 0.05) is 37.3 Å². The number of aliphatic hydroxyl groups excluding tert-OH is 1. The Kier molecular flexibility index (Phi) is 8.26. The first kappa shape index (κ1) is 27.6. The Bertz CT molecular complexity index is 1370. The number of likely N-dealkylation sites (N-methyl/N-ethyl adjacent to an activating group) is 1. The Morgan fingerprint density at radius 2 is 1.90 bits per heavy atom. The van der Waals surface area contributed by atoms with Crippen molar-refractivity contribution in [3.8, 4) is 28.4 Å². The Hall–Kier alpha value is -2.94. The van der Waals surface area contributed by atoms with Gasteiger partial charge in [-0.05, 0) is 69.5 Å². The van der Waals surface area contributed by atoms with E-state index in [1.165, 1.54) is 11.1 Å². The van der Waals surface area contributed by atoms with Crippen molar-refractivity contribution in [1.82, 2.24) is 20.0 Å². The molecule has 2 aliphatic heterocycles. The third-order valence-corrected chi connectivity index (χ3v) is 8.12. The number of rotatable bonds is 9. The van der Waals surface area contributed by atoms with E-state index in [1.54, 1.807) is 6.07 Å². The number of anilines is 1. The zero-order valence-electron chi connectivity index (χ0n) is 23.6. The van der Waals surface area contributed by atoms with Gasteiger partial charge < -0.3 is 19.3 Å². The van der Waals surface area contributed by atoms with E-state index in [4.69, 9.17) is 30.8 Å². The van der Waals surface area contributed by atoms with Crippen molar-refractivity contribution in [3.05, 3.63) is 51.4 Å². The first-order valence-corrected chi connectivity index (χ1v) is 14.3. The monoisotopic (exact) mass is 551 g/mol. The van der Waals surface area contributed by atoms with Crippen molar-refractivity contribution in [3.63, 3.8) is 0 Å². The van der Waals surface area contributed by atoms with Crippen molar-refractivity contribution in [1.29, 1.82) is 0 Å². The van der Waals surface area contributed by atoms with Crippen LogP contribution < -0.4 is 9.64 Å². The van der Waals surface area contributed by atoms with Crippen LogP contribution in [0.3, 0.4) is 0 Å². The summed E-state index contributed by atoms with van der Waals surface area (Å²) >= 11 is 6.72.